The van der Waals surface area contributed by atoms with Crippen LogP contribution in [-0.4, -0.2) is 11.0 Å². The highest BCUT2D eigenvalue weighted by Crippen LogP contribution is 2.46. The van der Waals surface area contributed by atoms with E-state index in [0.29, 0.717) is 24.3 Å². The summed E-state index contributed by atoms with van der Waals surface area (Å²) in [5.74, 6) is 0.436. The predicted octanol–water partition coefficient (Wildman–Crippen LogP) is 5.67. The van der Waals surface area contributed by atoms with Gasteiger partial charge >= 0.3 is 0 Å². The zero-order valence-electron chi connectivity index (χ0n) is 19.4. The first kappa shape index (κ1) is 21.9. The molecule has 4 aromatic rings. The van der Waals surface area contributed by atoms with Crippen molar-refractivity contribution in [2.24, 2.45) is 0 Å². The number of aliphatic hydroxyl groups is 1. The van der Waals surface area contributed by atoms with Gasteiger partial charge < -0.3 is 14.7 Å². The standard InChI is InChI=1S/C30H27NO3/c1-21-17-25(18-22(2)28(21)34-20-24-13-7-4-8-14-24)30(33)26-15-9-10-16-27(26)31(29(30)32)19-23-11-5-3-6-12-23/h3-18,33H,19-20H2,1-2H3. The number of benzene rings is 4. The van der Waals surface area contributed by atoms with Crippen LogP contribution in [0.2, 0.25) is 0 Å². The van der Waals surface area contributed by atoms with Crippen LogP contribution in [0, 0.1) is 13.8 Å². The molecule has 0 bridgehead atoms. The molecule has 0 aromatic heterocycles. The zero-order chi connectivity index (χ0) is 23.7. The lowest BCUT2D eigenvalue weighted by molar-refractivity contribution is -0.132. The fourth-order valence-corrected chi connectivity index (χ4v) is 4.75. The van der Waals surface area contributed by atoms with Gasteiger partial charge in [0, 0.05) is 5.56 Å². The number of aryl methyl sites for hydroxylation is 2. The second-order valence-corrected chi connectivity index (χ2v) is 8.82. The average molecular weight is 450 g/mol. The Morgan fingerprint density at radius 1 is 0.794 bits per heavy atom. The number of para-hydroxylation sites is 1. The van der Waals surface area contributed by atoms with E-state index < -0.39 is 5.60 Å². The number of hydrogen-bond acceptors (Lipinski definition) is 3. The third-order valence-corrected chi connectivity index (χ3v) is 6.43. The van der Waals surface area contributed by atoms with Gasteiger partial charge in [0.1, 0.15) is 12.4 Å². The minimum Gasteiger partial charge on any atom is -0.488 e. The molecule has 4 heteroatoms. The number of anilines is 1. The van der Waals surface area contributed by atoms with Crippen LogP contribution < -0.4 is 9.64 Å². The maximum absolute atomic E-state index is 13.8. The number of rotatable bonds is 6. The van der Waals surface area contributed by atoms with Crippen molar-refractivity contribution in [1.82, 2.24) is 0 Å². The first-order valence-electron chi connectivity index (χ1n) is 11.4. The third-order valence-electron chi connectivity index (χ3n) is 6.43. The normalized spacial score (nSPS) is 17.0. The molecule has 1 unspecified atom stereocenters. The first-order chi connectivity index (χ1) is 16.5. The Hall–Kier alpha value is -3.89. The van der Waals surface area contributed by atoms with Crippen molar-refractivity contribution in [3.05, 3.63) is 130 Å². The Morgan fingerprint density at radius 2 is 1.35 bits per heavy atom. The molecule has 0 fully saturated rings. The van der Waals surface area contributed by atoms with Crippen molar-refractivity contribution in [2.45, 2.75) is 32.6 Å². The van der Waals surface area contributed by atoms with Gasteiger partial charge in [-0.1, -0.05) is 78.9 Å². The van der Waals surface area contributed by atoms with E-state index in [1.807, 2.05) is 111 Å². The van der Waals surface area contributed by atoms with E-state index in [1.54, 1.807) is 4.90 Å². The smallest absolute Gasteiger partial charge is 0.268 e. The van der Waals surface area contributed by atoms with Crippen LogP contribution >= 0.6 is 0 Å². The van der Waals surface area contributed by atoms with Gasteiger partial charge in [-0.05, 0) is 59.9 Å². The summed E-state index contributed by atoms with van der Waals surface area (Å²) in [6, 6.07) is 31.1. The summed E-state index contributed by atoms with van der Waals surface area (Å²) in [6.07, 6.45) is 0. The van der Waals surface area contributed by atoms with E-state index >= 15 is 0 Å². The monoisotopic (exact) mass is 449 g/mol. The van der Waals surface area contributed by atoms with Crippen LogP contribution in [0.4, 0.5) is 5.69 Å². The topological polar surface area (TPSA) is 49.8 Å². The lowest BCUT2D eigenvalue weighted by atomic mass is 9.85. The molecule has 1 aliphatic heterocycles. The Bertz CT molecular complexity index is 1310. The highest BCUT2D eigenvalue weighted by atomic mass is 16.5. The maximum atomic E-state index is 13.8. The number of carbonyl (C=O) groups is 1. The highest BCUT2D eigenvalue weighted by Gasteiger charge is 2.51. The van der Waals surface area contributed by atoms with Gasteiger partial charge in [0.05, 0.1) is 12.2 Å². The minimum atomic E-state index is -1.75. The molecule has 5 rings (SSSR count). The molecule has 1 N–H and O–H groups in total. The molecular weight excluding hydrogens is 422 g/mol. The molecule has 0 spiro atoms. The molecule has 0 saturated carbocycles. The fourth-order valence-electron chi connectivity index (χ4n) is 4.75. The van der Waals surface area contributed by atoms with Crippen molar-refractivity contribution in [3.8, 4) is 5.75 Å². The van der Waals surface area contributed by atoms with Crippen LogP contribution in [0.3, 0.4) is 0 Å². The van der Waals surface area contributed by atoms with Gasteiger partial charge in [0.25, 0.3) is 5.91 Å². The number of ether oxygens (including phenoxy) is 1. The van der Waals surface area contributed by atoms with Crippen molar-refractivity contribution < 1.29 is 14.6 Å². The van der Waals surface area contributed by atoms with Crippen molar-refractivity contribution >= 4 is 11.6 Å². The second kappa shape index (κ2) is 8.81. The molecule has 1 atom stereocenters. The van der Waals surface area contributed by atoms with E-state index in [4.69, 9.17) is 4.74 Å². The van der Waals surface area contributed by atoms with Crippen LogP contribution in [0.5, 0.6) is 5.75 Å². The van der Waals surface area contributed by atoms with E-state index in [1.165, 1.54) is 0 Å². The Labute approximate surface area is 200 Å². The molecule has 1 heterocycles. The van der Waals surface area contributed by atoms with E-state index in [0.717, 1.165) is 33.7 Å². The largest absolute Gasteiger partial charge is 0.488 e. The van der Waals surface area contributed by atoms with Gasteiger partial charge in [-0.2, -0.15) is 0 Å². The number of fused-ring (bicyclic) bond motifs is 1. The van der Waals surface area contributed by atoms with Crippen molar-refractivity contribution in [2.75, 3.05) is 4.90 Å². The van der Waals surface area contributed by atoms with Crippen LogP contribution in [0.1, 0.15) is 33.4 Å². The number of nitrogens with zero attached hydrogens (tertiary/aromatic N) is 1. The molecule has 4 nitrogen and oxygen atoms in total. The third kappa shape index (κ3) is 3.76. The average Bonchev–Trinajstić information content (AvgIpc) is 3.07. The summed E-state index contributed by atoms with van der Waals surface area (Å²) in [6.45, 7) is 4.76. The highest BCUT2D eigenvalue weighted by molar-refractivity contribution is 6.09. The van der Waals surface area contributed by atoms with Crippen LogP contribution in [0.15, 0.2) is 97.1 Å². The summed E-state index contributed by atoms with van der Waals surface area (Å²) in [4.78, 5) is 15.4. The lowest BCUT2D eigenvalue weighted by Gasteiger charge is -2.25. The molecule has 4 aromatic carbocycles. The molecule has 0 saturated heterocycles. The summed E-state index contributed by atoms with van der Waals surface area (Å²) >= 11 is 0. The van der Waals surface area contributed by atoms with Crippen molar-refractivity contribution in [3.63, 3.8) is 0 Å². The minimum absolute atomic E-state index is 0.339. The van der Waals surface area contributed by atoms with Crippen LogP contribution in [0.25, 0.3) is 0 Å². The molecular formula is C30H27NO3. The quantitative estimate of drug-likeness (QED) is 0.413. The Balaban J connectivity index is 1.50. The SMILES string of the molecule is Cc1cc(C2(O)C(=O)N(Cc3ccccc3)c3ccccc32)cc(C)c1OCc1ccccc1. The van der Waals surface area contributed by atoms with Gasteiger partial charge in [-0.3, -0.25) is 4.79 Å². The summed E-state index contributed by atoms with van der Waals surface area (Å²) < 4.78 is 6.12. The summed E-state index contributed by atoms with van der Waals surface area (Å²) in [5.41, 5.74) is 4.00. The number of carbonyl (C=O) groups excluding carboxylic acids is 1. The number of hydrogen-bond donors (Lipinski definition) is 1. The van der Waals surface area contributed by atoms with Gasteiger partial charge in [0.15, 0.2) is 5.60 Å². The van der Waals surface area contributed by atoms with Crippen molar-refractivity contribution in [1.29, 1.82) is 0 Å². The summed E-state index contributed by atoms with van der Waals surface area (Å²) in [5, 5.41) is 11.9. The van der Waals surface area contributed by atoms with E-state index in [9.17, 15) is 9.90 Å². The van der Waals surface area contributed by atoms with E-state index in [-0.39, 0.29) is 5.91 Å². The maximum Gasteiger partial charge on any atom is 0.268 e. The van der Waals surface area contributed by atoms with Gasteiger partial charge in [0.2, 0.25) is 0 Å². The van der Waals surface area contributed by atoms with Crippen LogP contribution in [-0.2, 0) is 23.5 Å². The lowest BCUT2D eigenvalue weighted by Crippen LogP contribution is -2.41. The van der Waals surface area contributed by atoms with Gasteiger partial charge in [-0.15, -0.1) is 0 Å². The zero-order valence-corrected chi connectivity index (χ0v) is 19.4. The van der Waals surface area contributed by atoms with E-state index in [2.05, 4.69) is 0 Å². The van der Waals surface area contributed by atoms with Gasteiger partial charge in [-0.25, -0.2) is 0 Å². The Kier molecular flexibility index (Phi) is 5.68. The molecule has 0 aliphatic carbocycles. The Morgan fingerprint density at radius 3 is 2.00 bits per heavy atom. The molecule has 1 aliphatic rings. The molecule has 170 valence electrons. The summed E-state index contributed by atoms with van der Waals surface area (Å²) in [7, 11) is 0. The number of amides is 1. The molecule has 1 amide bonds. The second-order valence-electron chi connectivity index (χ2n) is 8.82. The first-order valence-corrected chi connectivity index (χ1v) is 11.4. The molecule has 0 radical (unpaired) electrons. The predicted molar refractivity (Wildman–Crippen MR) is 134 cm³/mol. The molecule has 34 heavy (non-hydrogen) atoms. The fraction of sp³-hybridized carbons (Fsp3) is 0.167.